The smallest absolute Gasteiger partial charge is 0.270 e. The van der Waals surface area contributed by atoms with Gasteiger partial charge in [0.15, 0.2) is 0 Å². The molecule has 0 saturated carbocycles. The van der Waals surface area contributed by atoms with Crippen molar-refractivity contribution in [2.75, 3.05) is 13.1 Å². The summed E-state index contributed by atoms with van der Waals surface area (Å²) in [5.74, 6) is 0.834. The first kappa shape index (κ1) is 14.6. The molecule has 106 valence electrons. The van der Waals surface area contributed by atoms with E-state index in [1.165, 1.54) is 6.42 Å². The van der Waals surface area contributed by atoms with Crippen molar-refractivity contribution in [3.8, 4) is 0 Å². The molecule has 3 nitrogen and oxygen atoms in total. The molecule has 1 N–H and O–H groups in total. The third-order valence-corrected chi connectivity index (χ3v) is 4.58. The van der Waals surface area contributed by atoms with Crippen LogP contribution in [0.5, 0.6) is 0 Å². The molecule has 1 aliphatic heterocycles. The summed E-state index contributed by atoms with van der Waals surface area (Å²) in [5, 5.41) is 0. The summed E-state index contributed by atoms with van der Waals surface area (Å²) in [4.78, 5) is 17.4. The maximum absolute atomic E-state index is 12.4. The first-order chi connectivity index (χ1) is 8.88. The molecule has 1 aliphatic rings. The minimum absolute atomic E-state index is 0.125. The number of H-pyrrole nitrogens is 1. The predicted octanol–water partition coefficient (Wildman–Crippen LogP) is 4.07. The maximum atomic E-state index is 12.4. The second-order valence-electron chi connectivity index (χ2n) is 6.52. The molecule has 1 atom stereocenters. The number of nitrogens with zero attached hydrogens (tertiary/aromatic N) is 1. The molecule has 0 bridgehead atoms. The Labute approximate surface area is 123 Å². The second-order valence-corrected chi connectivity index (χ2v) is 7.43. The summed E-state index contributed by atoms with van der Waals surface area (Å²) >= 11 is 3.37. The van der Waals surface area contributed by atoms with Gasteiger partial charge in [0.2, 0.25) is 0 Å². The molecular formula is C15H23BrN2O. The highest BCUT2D eigenvalue weighted by atomic mass is 79.9. The summed E-state index contributed by atoms with van der Waals surface area (Å²) in [7, 11) is 0. The quantitative estimate of drug-likeness (QED) is 0.829. The summed E-state index contributed by atoms with van der Waals surface area (Å²) < 4.78 is 0.929. The Morgan fingerprint density at radius 1 is 1.37 bits per heavy atom. The predicted molar refractivity (Wildman–Crippen MR) is 81.2 cm³/mol. The fraction of sp³-hybridized carbons (Fsp3) is 0.667. The zero-order valence-corrected chi connectivity index (χ0v) is 13.6. The summed E-state index contributed by atoms with van der Waals surface area (Å²) in [6.45, 7) is 8.66. The van der Waals surface area contributed by atoms with Crippen molar-refractivity contribution in [2.24, 2.45) is 11.3 Å². The van der Waals surface area contributed by atoms with Crippen LogP contribution in [0.4, 0.5) is 0 Å². The van der Waals surface area contributed by atoms with Gasteiger partial charge in [-0.3, -0.25) is 4.79 Å². The molecule has 4 heteroatoms. The number of aromatic nitrogens is 1. The van der Waals surface area contributed by atoms with E-state index in [4.69, 9.17) is 0 Å². The second kappa shape index (κ2) is 5.70. The topological polar surface area (TPSA) is 36.1 Å². The Morgan fingerprint density at radius 2 is 2.11 bits per heavy atom. The zero-order chi connectivity index (χ0) is 14.0. The van der Waals surface area contributed by atoms with E-state index >= 15 is 0 Å². The van der Waals surface area contributed by atoms with Gasteiger partial charge in [0.25, 0.3) is 5.91 Å². The number of amides is 1. The lowest BCUT2D eigenvalue weighted by atomic mass is 9.77. The molecule has 1 aromatic rings. The minimum Gasteiger partial charge on any atom is -0.356 e. The Hall–Kier alpha value is -0.770. The number of hydrogen-bond donors (Lipinski definition) is 1. The van der Waals surface area contributed by atoms with Gasteiger partial charge in [-0.15, -0.1) is 0 Å². The van der Waals surface area contributed by atoms with Gasteiger partial charge in [0.05, 0.1) is 0 Å². The van der Waals surface area contributed by atoms with Crippen molar-refractivity contribution in [1.82, 2.24) is 9.88 Å². The first-order valence-corrected chi connectivity index (χ1v) is 7.80. The fourth-order valence-electron chi connectivity index (χ4n) is 2.83. The molecule has 1 unspecified atom stereocenters. The molecule has 2 rings (SSSR count). The van der Waals surface area contributed by atoms with Crippen molar-refractivity contribution >= 4 is 21.8 Å². The van der Waals surface area contributed by atoms with Gasteiger partial charge in [0, 0.05) is 23.8 Å². The van der Waals surface area contributed by atoms with Crippen LogP contribution in [-0.4, -0.2) is 28.9 Å². The monoisotopic (exact) mass is 326 g/mol. The number of rotatable bonds is 1. The molecule has 1 fully saturated rings. The molecule has 1 saturated heterocycles. The summed E-state index contributed by atoms with van der Waals surface area (Å²) in [6.07, 6.45) is 5.25. The van der Waals surface area contributed by atoms with Crippen LogP contribution in [0.3, 0.4) is 0 Å². The molecule has 0 radical (unpaired) electrons. The molecule has 1 amide bonds. The Morgan fingerprint density at radius 3 is 2.68 bits per heavy atom. The highest BCUT2D eigenvalue weighted by Crippen LogP contribution is 2.34. The van der Waals surface area contributed by atoms with Crippen molar-refractivity contribution in [1.29, 1.82) is 0 Å². The lowest BCUT2D eigenvalue weighted by Gasteiger charge is -2.29. The van der Waals surface area contributed by atoms with Gasteiger partial charge < -0.3 is 9.88 Å². The molecular weight excluding hydrogens is 304 g/mol. The lowest BCUT2D eigenvalue weighted by Crippen LogP contribution is -2.32. The van der Waals surface area contributed by atoms with Gasteiger partial charge in [-0.25, -0.2) is 0 Å². The standard InChI is InChI=1S/C15H23BrN2O/c1-15(2,3)11-5-4-7-18(8-6-11)14(19)13-9-12(16)10-17-13/h9-11,17H,4-8H2,1-3H3. The minimum atomic E-state index is 0.125. The van der Waals surface area contributed by atoms with Crippen LogP contribution in [0.2, 0.25) is 0 Å². The largest absolute Gasteiger partial charge is 0.356 e. The number of likely N-dealkylation sites (tertiary alicyclic amines) is 1. The van der Waals surface area contributed by atoms with Crippen LogP contribution >= 0.6 is 15.9 Å². The van der Waals surface area contributed by atoms with Gasteiger partial charge in [-0.05, 0) is 52.6 Å². The molecule has 1 aromatic heterocycles. The van der Waals surface area contributed by atoms with Crippen molar-refractivity contribution < 1.29 is 4.79 Å². The molecule has 0 aromatic carbocycles. The van der Waals surface area contributed by atoms with Gasteiger partial charge in [0.1, 0.15) is 5.69 Å². The molecule has 0 spiro atoms. The molecule has 2 heterocycles. The zero-order valence-electron chi connectivity index (χ0n) is 12.0. The van der Waals surface area contributed by atoms with E-state index in [1.54, 1.807) is 0 Å². The van der Waals surface area contributed by atoms with E-state index in [-0.39, 0.29) is 5.91 Å². The van der Waals surface area contributed by atoms with E-state index in [2.05, 4.69) is 41.7 Å². The Kier molecular flexibility index (Phi) is 4.39. The number of carbonyl (C=O) groups is 1. The SMILES string of the molecule is CC(C)(C)C1CCCN(C(=O)c2cc(Br)c[nH]2)CC1. The van der Waals surface area contributed by atoms with Crippen LogP contribution in [0, 0.1) is 11.3 Å². The molecule has 0 aliphatic carbocycles. The van der Waals surface area contributed by atoms with Crippen LogP contribution in [0.15, 0.2) is 16.7 Å². The summed E-state index contributed by atoms with van der Waals surface area (Å²) in [5.41, 5.74) is 1.02. The van der Waals surface area contributed by atoms with Crippen molar-refractivity contribution in [3.05, 3.63) is 22.4 Å². The van der Waals surface area contributed by atoms with E-state index in [9.17, 15) is 4.79 Å². The average molecular weight is 327 g/mol. The number of aromatic amines is 1. The van der Waals surface area contributed by atoms with Gasteiger partial charge in [-0.2, -0.15) is 0 Å². The normalized spacial score (nSPS) is 21.3. The Bertz CT molecular complexity index is 447. The highest BCUT2D eigenvalue weighted by molar-refractivity contribution is 9.10. The third kappa shape index (κ3) is 3.62. The van der Waals surface area contributed by atoms with Gasteiger partial charge >= 0.3 is 0 Å². The van der Waals surface area contributed by atoms with E-state index in [0.29, 0.717) is 17.0 Å². The molecule has 19 heavy (non-hydrogen) atoms. The van der Waals surface area contributed by atoms with Crippen LogP contribution in [-0.2, 0) is 0 Å². The van der Waals surface area contributed by atoms with E-state index in [0.717, 1.165) is 30.4 Å². The summed E-state index contributed by atoms with van der Waals surface area (Å²) in [6, 6.07) is 1.86. The average Bonchev–Trinajstić information content (AvgIpc) is 2.62. The van der Waals surface area contributed by atoms with E-state index < -0.39 is 0 Å². The van der Waals surface area contributed by atoms with Crippen molar-refractivity contribution in [2.45, 2.75) is 40.0 Å². The Balaban J connectivity index is 2.01. The van der Waals surface area contributed by atoms with Crippen molar-refractivity contribution in [3.63, 3.8) is 0 Å². The van der Waals surface area contributed by atoms with E-state index in [1.807, 2.05) is 17.2 Å². The van der Waals surface area contributed by atoms with Crippen LogP contribution in [0.25, 0.3) is 0 Å². The number of halogens is 1. The first-order valence-electron chi connectivity index (χ1n) is 7.01. The number of hydrogen-bond acceptors (Lipinski definition) is 1. The number of nitrogens with one attached hydrogen (secondary N) is 1. The lowest BCUT2D eigenvalue weighted by molar-refractivity contribution is 0.0750. The highest BCUT2D eigenvalue weighted by Gasteiger charge is 2.28. The maximum Gasteiger partial charge on any atom is 0.270 e. The van der Waals surface area contributed by atoms with Crippen LogP contribution < -0.4 is 0 Å². The third-order valence-electron chi connectivity index (χ3n) is 4.12. The van der Waals surface area contributed by atoms with Crippen LogP contribution in [0.1, 0.15) is 50.5 Å². The van der Waals surface area contributed by atoms with Gasteiger partial charge in [-0.1, -0.05) is 20.8 Å². The fourth-order valence-corrected chi connectivity index (χ4v) is 3.17. The number of carbonyl (C=O) groups excluding carboxylic acids is 1.